The van der Waals surface area contributed by atoms with Crippen LogP contribution in [0.4, 0.5) is 11.4 Å². The van der Waals surface area contributed by atoms with Crippen molar-refractivity contribution in [3.63, 3.8) is 0 Å². The van der Waals surface area contributed by atoms with E-state index in [-0.39, 0.29) is 10.8 Å². The van der Waals surface area contributed by atoms with Gasteiger partial charge in [0.1, 0.15) is 5.75 Å². The van der Waals surface area contributed by atoms with Crippen LogP contribution in [0.15, 0.2) is 41.3 Å². The number of nitrogens with one attached hydrogen (secondary N) is 1. The van der Waals surface area contributed by atoms with E-state index < -0.39 is 10.0 Å². The summed E-state index contributed by atoms with van der Waals surface area (Å²) in [6, 6.07) is 10.1. The highest BCUT2D eigenvalue weighted by Crippen LogP contribution is 2.38. The number of ether oxygens (including phenoxy) is 1. The molecule has 0 saturated heterocycles. The topological polar surface area (TPSA) is 75.7 Å². The molecule has 7 heteroatoms. The molecule has 2 aliphatic rings. The maximum atomic E-state index is 12.7. The van der Waals surface area contributed by atoms with Crippen molar-refractivity contribution >= 4 is 27.3 Å². The predicted molar refractivity (Wildman–Crippen MR) is 99.2 cm³/mol. The average molecular weight is 372 g/mol. The molecule has 0 aliphatic carbocycles. The van der Waals surface area contributed by atoms with Gasteiger partial charge in [-0.05, 0) is 54.7 Å². The quantitative estimate of drug-likeness (QED) is 0.895. The molecule has 0 saturated carbocycles. The zero-order valence-corrected chi connectivity index (χ0v) is 15.3. The van der Waals surface area contributed by atoms with E-state index in [0.29, 0.717) is 24.3 Å². The average Bonchev–Trinajstić information content (AvgIpc) is 2.64. The third-order valence-electron chi connectivity index (χ3n) is 4.88. The molecule has 1 N–H and O–H groups in total. The second-order valence-electron chi connectivity index (χ2n) is 6.58. The Morgan fingerprint density at radius 1 is 1.08 bits per heavy atom. The Hall–Kier alpha value is -2.54. The maximum Gasteiger partial charge on any atom is 0.262 e. The molecule has 6 nitrogen and oxygen atoms in total. The summed E-state index contributed by atoms with van der Waals surface area (Å²) in [5.74, 6) is 0.644. The summed E-state index contributed by atoms with van der Waals surface area (Å²) < 4.78 is 33.3. The molecule has 26 heavy (non-hydrogen) atoms. The molecule has 0 fully saturated rings. The number of aryl methyl sites for hydroxylation is 2. The van der Waals surface area contributed by atoms with Gasteiger partial charge in [-0.2, -0.15) is 0 Å². The largest absolute Gasteiger partial charge is 0.497 e. The van der Waals surface area contributed by atoms with Gasteiger partial charge in [-0.25, -0.2) is 8.42 Å². The molecule has 2 aliphatic heterocycles. The second kappa shape index (κ2) is 6.32. The van der Waals surface area contributed by atoms with Crippen LogP contribution in [-0.4, -0.2) is 28.0 Å². The van der Waals surface area contributed by atoms with Gasteiger partial charge in [0.25, 0.3) is 10.0 Å². The van der Waals surface area contributed by atoms with E-state index in [1.54, 1.807) is 12.1 Å². The highest BCUT2D eigenvalue weighted by Gasteiger charge is 2.30. The number of hydrogen-bond donors (Lipinski definition) is 1. The molecule has 136 valence electrons. The first-order valence-corrected chi connectivity index (χ1v) is 10.1. The third kappa shape index (κ3) is 2.92. The Balaban J connectivity index is 1.70. The first-order valence-electron chi connectivity index (χ1n) is 8.61. The maximum absolute atomic E-state index is 12.7. The van der Waals surface area contributed by atoms with E-state index in [1.807, 2.05) is 17.0 Å². The molecule has 0 atom stereocenters. The van der Waals surface area contributed by atoms with Gasteiger partial charge >= 0.3 is 0 Å². The first-order chi connectivity index (χ1) is 12.5. The molecular formula is C19H20N2O4S. The number of rotatable bonds is 4. The standard InChI is InChI=1S/C19H20N2O4S/c1-25-16-5-2-6-17(12-16)26(23,24)20-15-10-13-4-3-9-21-18(22)8-7-14(11-15)19(13)21/h2,5-6,10-12,20H,3-4,7-9H2,1H3. The van der Waals surface area contributed by atoms with Crippen LogP contribution in [0.2, 0.25) is 0 Å². The van der Waals surface area contributed by atoms with Gasteiger partial charge in [0, 0.05) is 24.7 Å². The van der Waals surface area contributed by atoms with E-state index in [2.05, 4.69) is 4.72 Å². The lowest BCUT2D eigenvalue weighted by Gasteiger charge is -2.35. The van der Waals surface area contributed by atoms with Crippen LogP contribution in [-0.2, 0) is 27.7 Å². The van der Waals surface area contributed by atoms with Crippen molar-refractivity contribution in [3.05, 3.63) is 47.5 Å². The number of nitrogens with zero attached hydrogens (tertiary/aromatic N) is 1. The molecule has 0 unspecified atom stereocenters. The summed E-state index contributed by atoms with van der Waals surface area (Å²) in [5, 5.41) is 0. The fraction of sp³-hybridized carbons (Fsp3) is 0.316. The lowest BCUT2D eigenvalue weighted by molar-refractivity contribution is -0.119. The van der Waals surface area contributed by atoms with Gasteiger partial charge in [0.2, 0.25) is 5.91 Å². The normalized spacial score (nSPS) is 16.2. The molecule has 0 aromatic heterocycles. The van der Waals surface area contributed by atoms with Gasteiger partial charge in [0.05, 0.1) is 17.7 Å². The summed E-state index contributed by atoms with van der Waals surface area (Å²) >= 11 is 0. The van der Waals surface area contributed by atoms with Crippen molar-refractivity contribution < 1.29 is 17.9 Å². The molecule has 0 spiro atoms. The lowest BCUT2D eigenvalue weighted by atomic mass is 9.91. The van der Waals surface area contributed by atoms with Gasteiger partial charge in [0.15, 0.2) is 0 Å². The van der Waals surface area contributed by atoms with E-state index in [1.165, 1.54) is 19.2 Å². The Morgan fingerprint density at radius 2 is 1.85 bits per heavy atom. The van der Waals surface area contributed by atoms with Crippen LogP contribution in [0.3, 0.4) is 0 Å². The van der Waals surface area contributed by atoms with Crippen LogP contribution >= 0.6 is 0 Å². The Kier molecular flexibility index (Phi) is 4.11. The van der Waals surface area contributed by atoms with Crippen LogP contribution in [0.5, 0.6) is 5.75 Å². The Morgan fingerprint density at radius 3 is 2.62 bits per heavy atom. The molecule has 4 rings (SSSR count). The highest BCUT2D eigenvalue weighted by molar-refractivity contribution is 7.92. The fourth-order valence-electron chi connectivity index (χ4n) is 3.69. The van der Waals surface area contributed by atoms with Crippen LogP contribution in [0, 0.1) is 0 Å². The number of sulfonamides is 1. The lowest BCUT2D eigenvalue weighted by Crippen LogP contribution is -2.39. The molecule has 2 aromatic rings. The SMILES string of the molecule is COc1cccc(S(=O)(=O)Nc2cc3c4c(c2)CCC(=O)N4CCC3)c1. The molecule has 0 radical (unpaired) electrons. The van der Waals surface area contributed by atoms with Crippen molar-refractivity contribution in [2.45, 2.75) is 30.6 Å². The molecular weight excluding hydrogens is 352 g/mol. The summed E-state index contributed by atoms with van der Waals surface area (Å²) in [6.07, 6.45) is 2.86. The Labute approximate surface area is 152 Å². The third-order valence-corrected chi connectivity index (χ3v) is 6.26. The van der Waals surface area contributed by atoms with Gasteiger partial charge < -0.3 is 9.64 Å². The molecule has 0 bridgehead atoms. The van der Waals surface area contributed by atoms with Crippen LogP contribution < -0.4 is 14.4 Å². The van der Waals surface area contributed by atoms with Gasteiger partial charge in [-0.1, -0.05) is 6.07 Å². The van der Waals surface area contributed by atoms with Crippen molar-refractivity contribution in [1.29, 1.82) is 0 Å². The van der Waals surface area contributed by atoms with Gasteiger partial charge in [-0.3, -0.25) is 9.52 Å². The minimum absolute atomic E-state index is 0.153. The van der Waals surface area contributed by atoms with Gasteiger partial charge in [-0.15, -0.1) is 0 Å². The predicted octanol–water partition coefficient (Wildman–Crippen LogP) is 2.72. The van der Waals surface area contributed by atoms with E-state index in [9.17, 15) is 13.2 Å². The van der Waals surface area contributed by atoms with Crippen LogP contribution in [0.1, 0.15) is 24.0 Å². The van der Waals surface area contributed by atoms with Crippen molar-refractivity contribution in [1.82, 2.24) is 0 Å². The monoisotopic (exact) mass is 372 g/mol. The number of amides is 1. The van der Waals surface area contributed by atoms with E-state index >= 15 is 0 Å². The Bertz CT molecular complexity index is 968. The van der Waals surface area contributed by atoms with Crippen molar-refractivity contribution in [2.24, 2.45) is 0 Å². The summed E-state index contributed by atoms with van der Waals surface area (Å²) in [5.41, 5.74) is 3.59. The van der Waals surface area contributed by atoms with Crippen molar-refractivity contribution in [3.8, 4) is 5.75 Å². The number of carbonyl (C=O) groups is 1. The summed E-state index contributed by atoms with van der Waals surface area (Å²) in [6.45, 7) is 0.744. The highest BCUT2D eigenvalue weighted by atomic mass is 32.2. The number of anilines is 2. The van der Waals surface area contributed by atoms with E-state index in [4.69, 9.17) is 4.74 Å². The number of hydrogen-bond acceptors (Lipinski definition) is 4. The molecule has 2 aromatic carbocycles. The summed E-state index contributed by atoms with van der Waals surface area (Å²) in [7, 11) is -2.21. The second-order valence-corrected chi connectivity index (χ2v) is 8.26. The summed E-state index contributed by atoms with van der Waals surface area (Å²) in [4.78, 5) is 14.1. The first kappa shape index (κ1) is 16.9. The number of carbonyl (C=O) groups excluding carboxylic acids is 1. The molecule has 1 amide bonds. The van der Waals surface area contributed by atoms with E-state index in [0.717, 1.165) is 36.2 Å². The fourth-order valence-corrected chi connectivity index (χ4v) is 4.77. The smallest absolute Gasteiger partial charge is 0.262 e. The minimum Gasteiger partial charge on any atom is -0.497 e. The zero-order valence-electron chi connectivity index (χ0n) is 14.5. The number of methoxy groups -OCH3 is 1. The number of benzene rings is 2. The molecule has 2 heterocycles. The minimum atomic E-state index is -3.71. The zero-order chi connectivity index (χ0) is 18.3. The van der Waals surface area contributed by atoms with Crippen LogP contribution in [0.25, 0.3) is 0 Å². The van der Waals surface area contributed by atoms with Crippen molar-refractivity contribution in [2.75, 3.05) is 23.3 Å².